The molecule has 1 N–H and O–H groups in total. The lowest BCUT2D eigenvalue weighted by Crippen LogP contribution is -2.21. The Labute approximate surface area is 232 Å². The zero-order valence-corrected chi connectivity index (χ0v) is 23.3. The van der Waals surface area contributed by atoms with Crippen LogP contribution in [-0.4, -0.2) is 38.1 Å². The maximum Gasteiger partial charge on any atom is 0.326 e. The van der Waals surface area contributed by atoms with Crippen LogP contribution in [0, 0.1) is 6.92 Å². The number of aromatic nitrogens is 3. The van der Waals surface area contributed by atoms with Crippen molar-refractivity contribution in [1.29, 1.82) is 0 Å². The van der Waals surface area contributed by atoms with E-state index in [2.05, 4.69) is 18.9 Å². The number of aliphatic carboxylic acids is 1. The van der Waals surface area contributed by atoms with E-state index in [0.29, 0.717) is 28.9 Å². The Hall–Kier alpha value is -4.72. The van der Waals surface area contributed by atoms with Crippen LogP contribution < -0.4 is 10.3 Å². The van der Waals surface area contributed by atoms with E-state index in [0.717, 1.165) is 33.3 Å². The second-order valence-corrected chi connectivity index (χ2v) is 10.1. The van der Waals surface area contributed by atoms with E-state index in [-0.39, 0.29) is 11.5 Å². The normalized spacial score (nSPS) is 12.6. The first-order chi connectivity index (χ1) is 19.2. The zero-order chi connectivity index (χ0) is 28.6. The molecule has 0 unspecified atom stereocenters. The molecule has 0 saturated heterocycles. The van der Waals surface area contributed by atoms with Gasteiger partial charge in [0.05, 0.1) is 23.7 Å². The lowest BCUT2D eigenvalue weighted by molar-refractivity contribution is -0.140. The first kappa shape index (κ1) is 26.9. The Morgan fingerprint density at radius 3 is 2.48 bits per heavy atom. The van der Waals surface area contributed by atoms with Crippen LogP contribution in [0.15, 0.2) is 76.8 Å². The van der Waals surface area contributed by atoms with Gasteiger partial charge >= 0.3 is 5.97 Å². The van der Waals surface area contributed by atoms with Crippen molar-refractivity contribution in [2.75, 3.05) is 6.61 Å². The Kier molecular flexibility index (Phi) is 7.26. The van der Waals surface area contributed by atoms with Crippen LogP contribution in [0.3, 0.4) is 0 Å². The standard InChI is InChI=1S/C32H32N4O4/c1-6-40-29-15-20(4)26(16-25(29)19(2)3)30-34-27-13-9-7-12-24(27)31(37)36(30)33-17-22-18-35(21(5)32(38)39)28-14-10-8-11-23(22)28/h7-19,21H,6H2,1-5H3,(H,38,39)/t21-/m0/s1. The minimum absolute atomic E-state index is 0.187. The molecule has 0 fully saturated rings. The highest BCUT2D eigenvalue weighted by molar-refractivity contribution is 6.00. The van der Waals surface area contributed by atoms with Crippen molar-refractivity contribution in [2.45, 2.75) is 46.6 Å². The van der Waals surface area contributed by atoms with Gasteiger partial charge in [0.1, 0.15) is 11.8 Å². The van der Waals surface area contributed by atoms with Gasteiger partial charge in [0, 0.05) is 28.2 Å². The van der Waals surface area contributed by atoms with Gasteiger partial charge in [-0.05, 0) is 68.1 Å². The molecule has 1 atom stereocenters. The number of hydrogen-bond donors (Lipinski definition) is 1. The van der Waals surface area contributed by atoms with Crippen molar-refractivity contribution in [3.8, 4) is 17.1 Å². The quantitative estimate of drug-likeness (QED) is 0.232. The summed E-state index contributed by atoms with van der Waals surface area (Å²) < 4.78 is 8.95. The highest BCUT2D eigenvalue weighted by Gasteiger charge is 2.20. The van der Waals surface area contributed by atoms with Gasteiger partial charge in [-0.1, -0.05) is 44.2 Å². The van der Waals surface area contributed by atoms with Crippen LogP contribution in [0.4, 0.5) is 0 Å². The first-order valence-corrected chi connectivity index (χ1v) is 13.4. The average Bonchev–Trinajstić information content (AvgIpc) is 3.30. The van der Waals surface area contributed by atoms with Gasteiger partial charge in [-0.3, -0.25) is 4.79 Å². The minimum Gasteiger partial charge on any atom is -0.494 e. The van der Waals surface area contributed by atoms with E-state index in [4.69, 9.17) is 9.72 Å². The van der Waals surface area contributed by atoms with Gasteiger partial charge < -0.3 is 14.4 Å². The van der Waals surface area contributed by atoms with Gasteiger partial charge in [-0.2, -0.15) is 9.78 Å². The maximum absolute atomic E-state index is 13.8. The lowest BCUT2D eigenvalue weighted by atomic mass is 9.96. The number of para-hydroxylation sites is 2. The lowest BCUT2D eigenvalue weighted by Gasteiger charge is -2.18. The van der Waals surface area contributed by atoms with Crippen LogP contribution >= 0.6 is 0 Å². The highest BCUT2D eigenvalue weighted by atomic mass is 16.5. The van der Waals surface area contributed by atoms with Crippen LogP contribution in [-0.2, 0) is 4.79 Å². The number of carbonyl (C=O) groups is 1. The smallest absolute Gasteiger partial charge is 0.326 e. The van der Waals surface area contributed by atoms with E-state index < -0.39 is 12.0 Å². The van der Waals surface area contributed by atoms with Crippen molar-refractivity contribution < 1.29 is 14.6 Å². The van der Waals surface area contributed by atoms with Crippen molar-refractivity contribution in [1.82, 2.24) is 14.2 Å². The summed E-state index contributed by atoms with van der Waals surface area (Å²) in [6.45, 7) is 10.3. The second-order valence-electron chi connectivity index (χ2n) is 10.1. The summed E-state index contributed by atoms with van der Waals surface area (Å²) in [6, 6.07) is 18.0. The molecule has 0 amide bonds. The molecule has 5 rings (SSSR count). The molecule has 2 heterocycles. The van der Waals surface area contributed by atoms with Gasteiger partial charge in [-0.15, -0.1) is 0 Å². The van der Waals surface area contributed by atoms with Crippen molar-refractivity contribution >= 4 is 34.0 Å². The molecule has 40 heavy (non-hydrogen) atoms. The number of carboxylic acids is 1. The number of hydrogen-bond acceptors (Lipinski definition) is 5. The van der Waals surface area contributed by atoms with Crippen molar-refractivity contribution in [3.63, 3.8) is 0 Å². The molecule has 8 nitrogen and oxygen atoms in total. The van der Waals surface area contributed by atoms with E-state index in [1.54, 1.807) is 36.0 Å². The number of rotatable bonds is 8. The molecular weight excluding hydrogens is 504 g/mol. The molecule has 0 bridgehead atoms. The van der Waals surface area contributed by atoms with Crippen LogP contribution in [0.1, 0.15) is 56.3 Å². The number of fused-ring (bicyclic) bond motifs is 2. The van der Waals surface area contributed by atoms with E-state index in [1.165, 1.54) is 4.68 Å². The summed E-state index contributed by atoms with van der Waals surface area (Å²) in [6.07, 6.45) is 3.35. The molecule has 204 valence electrons. The summed E-state index contributed by atoms with van der Waals surface area (Å²) in [5.41, 5.74) is 4.47. The fourth-order valence-corrected chi connectivity index (χ4v) is 4.97. The monoisotopic (exact) mass is 536 g/mol. The number of ether oxygens (including phenoxy) is 1. The predicted octanol–water partition coefficient (Wildman–Crippen LogP) is 6.38. The summed E-state index contributed by atoms with van der Waals surface area (Å²) in [5, 5.41) is 15.6. The number of carboxylic acid groups (broad SMARTS) is 1. The fourth-order valence-electron chi connectivity index (χ4n) is 4.97. The predicted molar refractivity (Wildman–Crippen MR) is 159 cm³/mol. The highest BCUT2D eigenvalue weighted by Crippen LogP contribution is 2.34. The van der Waals surface area contributed by atoms with E-state index in [1.807, 2.05) is 62.4 Å². The zero-order valence-electron chi connectivity index (χ0n) is 23.3. The third-order valence-corrected chi connectivity index (χ3v) is 7.13. The van der Waals surface area contributed by atoms with Gasteiger partial charge in [0.25, 0.3) is 5.56 Å². The largest absolute Gasteiger partial charge is 0.494 e. The van der Waals surface area contributed by atoms with Gasteiger partial charge in [0.15, 0.2) is 5.82 Å². The Morgan fingerprint density at radius 2 is 1.77 bits per heavy atom. The Morgan fingerprint density at radius 1 is 1.07 bits per heavy atom. The molecule has 0 aliphatic carbocycles. The average molecular weight is 537 g/mol. The molecule has 2 aromatic heterocycles. The summed E-state index contributed by atoms with van der Waals surface area (Å²) >= 11 is 0. The molecule has 8 heteroatoms. The van der Waals surface area contributed by atoms with Gasteiger partial charge in [0.2, 0.25) is 0 Å². The molecule has 0 saturated carbocycles. The van der Waals surface area contributed by atoms with Gasteiger partial charge in [-0.25, -0.2) is 9.78 Å². The van der Waals surface area contributed by atoms with Crippen LogP contribution in [0.5, 0.6) is 5.75 Å². The summed E-state index contributed by atoms with van der Waals surface area (Å²) in [5.74, 6) is 0.489. The van der Waals surface area contributed by atoms with Crippen LogP contribution in [0.25, 0.3) is 33.2 Å². The molecular formula is C32H32N4O4. The molecule has 5 aromatic rings. The maximum atomic E-state index is 13.8. The molecule has 0 aliphatic rings. The topological polar surface area (TPSA) is 98.7 Å². The Balaban J connectivity index is 1.75. The first-order valence-electron chi connectivity index (χ1n) is 13.4. The minimum atomic E-state index is -0.937. The van der Waals surface area contributed by atoms with Crippen LogP contribution in [0.2, 0.25) is 0 Å². The summed E-state index contributed by atoms with van der Waals surface area (Å²) in [4.78, 5) is 30.5. The molecule has 0 radical (unpaired) electrons. The fraction of sp³-hybridized carbons (Fsp3) is 0.250. The molecule has 3 aromatic carbocycles. The van der Waals surface area contributed by atoms with Crippen molar-refractivity contribution in [2.24, 2.45) is 5.10 Å². The summed E-state index contributed by atoms with van der Waals surface area (Å²) in [7, 11) is 0. The Bertz CT molecular complexity index is 1830. The SMILES string of the molecule is CCOc1cc(C)c(-c2nc3ccccc3c(=O)n2N=Cc2cn([C@@H](C)C(=O)O)c3ccccc23)cc1C(C)C. The number of benzene rings is 3. The third-order valence-electron chi connectivity index (χ3n) is 7.13. The number of aryl methyl sites for hydroxylation is 1. The molecule has 0 spiro atoms. The molecule has 0 aliphatic heterocycles. The third kappa shape index (κ3) is 4.77. The van der Waals surface area contributed by atoms with E-state index >= 15 is 0 Å². The van der Waals surface area contributed by atoms with Crippen molar-refractivity contribution in [3.05, 3.63) is 93.9 Å². The second kappa shape index (κ2) is 10.8. The van der Waals surface area contributed by atoms with E-state index in [9.17, 15) is 14.7 Å². The number of nitrogens with zero attached hydrogens (tertiary/aromatic N) is 4.